The molecule has 1 saturated heterocycles. The van der Waals surface area contributed by atoms with Gasteiger partial charge in [0.15, 0.2) is 5.78 Å². The van der Waals surface area contributed by atoms with Gasteiger partial charge in [-0.2, -0.15) is 0 Å². The number of ketones is 1. The largest absolute Gasteiger partial charge is 0.296 e. The highest BCUT2D eigenvalue weighted by atomic mass is 35.5. The molecule has 13 heavy (non-hydrogen) atoms. The molecular formula is C10H10ClNO. The standard InChI is InChI=1S/C10H10ClNO/c11-10-9(13)8(6-12-10)7-4-2-1-3-5-7/h1-5,8,10,12H,6H2. The van der Waals surface area contributed by atoms with Crippen molar-refractivity contribution in [2.75, 3.05) is 6.54 Å². The first-order chi connectivity index (χ1) is 6.29. The number of nitrogens with one attached hydrogen (secondary N) is 1. The number of hydrogen-bond donors (Lipinski definition) is 1. The van der Waals surface area contributed by atoms with Gasteiger partial charge >= 0.3 is 0 Å². The summed E-state index contributed by atoms with van der Waals surface area (Å²) >= 11 is 5.75. The Morgan fingerprint density at radius 2 is 2.00 bits per heavy atom. The van der Waals surface area contributed by atoms with Crippen LogP contribution in [0.25, 0.3) is 0 Å². The summed E-state index contributed by atoms with van der Waals surface area (Å²) in [5, 5.41) is 2.93. The van der Waals surface area contributed by atoms with Crippen molar-refractivity contribution in [3.63, 3.8) is 0 Å². The van der Waals surface area contributed by atoms with Gasteiger partial charge in [-0.25, -0.2) is 0 Å². The van der Waals surface area contributed by atoms with Crippen molar-refractivity contribution in [2.24, 2.45) is 0 Å². The number of benzene rings is 1. The molecule has 1 aliphatic rings. The Morgan fingerprint density at radius 1 is 1.31 bits per heavy atom. The first-order valence-electron chi connectivity index (χ1n) is 4.25. The second-order valence-electron chi connectivity index (χ2n) is 3.14. The van der Waals surface area contributed by atoms with Crippen LogP contribution in [0.2, 0.25) is 0 Å². The van der Waals surface area contributed by atoms with Crippen molar-refractivity contribution < 1.29 is 4.79 Å². The van der Waals surface area contributed by atoms with Gasteiger partial charge in [-0.05, 0) is 5.56 Å². The van der Waals surface area contributed by atoms with E-state index in [0.717, 1.165) is 5.56 Å². The molecule has 1 aliphatic heterocycles. The van der Waals surface area contributed by atoms with E-state index in [4.69, 9.17) is 11.6 Å². The Kier molecular flexibility index (Phi) is 2.34. The number of rotatable bonds is 1. The Bertz CT molecular complexity index is 312. The summed E-state index contributed by atoms with van der Waals surface area (Å²) in [6.45, 7) is 0.650. The van der Waals surface area contributed by atoms with Crippen molar-refractivity contribution in [3.05, 3.63) is 35.9 Å². The fraction of sp³-hybridized carbons (Fsp3) is 0.300. The minimum atomic E-state index is -0.509. The lowest BCUT2D eigenvalue weighted by Crippen LogP contribution is -2.19. The third-order valence-corrected chi connectivity index (χ3v) is 2.67. The van der Waals surface area contributed by atoms with Gasteiger partial charge < -0.3 is 0 Å². The maximum absolute atomic E-state index is 11.5. The zero-order chi connectivity index (χ0) is 9.26. The molecule has 3 heteroatoms. The van der Waals surface area contributed by atoms with Crippen LogP contribution in [0.4, 0.5) is 0 Å². The number of carbonyl (C=O) groups is 1. The van der Waals surface area contributed by atoms with E-state index in [9.17, 15) is 4.79 Å². The average molecular weight is 196 g/mol. The van der Waals surface area contributed by atoms with E-state index in [1.165, 1.54) is 0 Å². The highest BCUT2D eigenvalue weighted by molar-refractivity contribution is 6.32. The van der Waals surface area contributed by atoms with Crippen LogP contribution in [0.1, 0.15) is 11.5 Å². The molecule has 0 radical (unpaired) electrons. The molecule has 0 bridgehead atoms. The zero-order valence-electron chi connectivity index (χ0n) is 7.03. The first kappa shape index (κ1) is 8.73. The third-order valence-electron chi connectivity index (χ3n) is 2.30. The zero-order valence-corrected chi connectivity index (χ0v) is 7.79. The second-order valence-corrected chi connectivity index (χ2v) is 3.57. The Hall–Kier alpha value is -0.860. The molecule has 2 nitrogen and oxygen atoms in total. The summed E-state index contributed by atoms with van der Waals surface area (Å²) in [5.74, 6) is 0.0107. The lowest BCUT2D eigenvalue weighted by molar-refractivity contribution is -0.118. The number of alkyl halides is 1. The highest BCUT2D eigenvalue weighted by Crippen LogP contribution is 2.23. The predicted molar refractivity (Wildman–Crippen MR) is 51.8 cm³/mol. The molecule has 0 aliphatic carbocycles. The van der Waals surface area contributed by atoms with E-state index in [-0.39, 0.29) is 11.7 Å². The second kappa shape index (κ2) is 3.48. The monoisotopic (exact) mass is 195 g/mol. The molecule has 0 saturated carbocycles. The summed E-state index contributed by atoms with van der Waals surface area (Å²) in [4.78, 5) is 11.5. The molecule has 0 spiro atoms. The van der Waals surface area contributed by atoms with Crippen molar-refractivity contribution in [3.8, 4) is 0 Å². The quantitative estimate of drug-likeness (QED) is 0.544. The summed E-state index contributed by atoms with van der Waals surface area (Å²) < 4.78 is 0. The molecule has 68 valence electrons. The Morgan fingerprint density at radius 3 is 2.54 bits per heavy atom. The van der Waals surface area contributed by atoms with Crippen molar-refractivity contribution in [2.45, 2.75) is 11.4 Å². The number of carbonyl (C=O) groups excluding carboxylic acids is 1. The molecular weight excluding hydrogens is 186 g/mol. The minimum Gasteiger partial charge on any atom is -0.296 e. The minimum absolute atomic E-state index is 0.0660. The fourth-order valence-electron chi connectivity index (χ4n) is 1.57. The van der Waals surface area contributed by atoms with Gasteiger partial charge in [0.25, 0.3) is 0 Å². The lowest BCUT2D eigenvalue weighted by Gasteiger charge is -2.05. The predicted octanol–water partition coefficient (Wildman–Crippen LogP) is 1.51. The lowest BCUT2D eigenvalue weighted by atomic mass is 9.98. The van der Waals surface area contributed by atoms with Crippen LogP contribution in [-0.4, -0.2) is 17.8 Å². The molecule has 2 unspecified atom stereocenters. The molecule has 2 rings (SSSR count). The van der Waals surface area contributed by atoms with Gasteiger partial charge in [-0.1, -0.05) is 41.9 Å². The number of hydrogen-bond acceptors (Lipinski definition) is 2. The molecule has 1 N–H and O–H groups in total. The molecule has 1 aromatic carbocycles. The van der Waals surface area contributed by atoms with Gasteiger partial charge in [0.05, 0.1) is 5.92 Å². The summed E-state index contributed by atoms with van der Waals surface area (Å²) in [5.41, 5.74) is 0.536. The van der Waals surface area contributed by atoms with E-state index in [1.807, 2.05) is 30.3 Å². The molecule has 1 fully saturated rings. The van der Waals surface area contributed by atoms with E-state index in [2.05, 4.69) is 5.32 Å². The van der Waals surface area contributed by atoms with E-state index in [1.54, 1.807) is 0 Å². The fourth-order valence-corrected chi connectivity index (χ4v) is 1.81. The van der Waals surface area contributed by atoms with E-state index >= 15 is 0 Å². The van der Waals surface area contributed by atoms with Crippen molar-refractivity contribution in [1.29, 1.82) is 0 Å². The Balaban J connectivity index is 2.24. The van der Waals surface area contributed by atoms with Crippen LogP contribution in [0.3, 0.4) is 0 Å². The smallest absolute Gasteiger partial charge is 0.173 e. The first-order valence-corrected chi connectivity index (χ1v) is 4.69. The van der Waals surface area contributed by atoms with Gasteiger partial charge in [-0.15, -0.1) is 0 Å². The number of Topliss-reactive ketones (excluding diaryl/α,β-unsaturated/α-hetero) is 1. The molecule has 0 aromatic heterocycles. The van der Waals surface area contributed by atoms with Gasteiger partial charge in [0, 0.05) is 6.54 Å². The van der Waals surface area contributed by atoms with Crippen LogP contribution in [-0.2, 0) is 4.79 Å². The van der Waals surface area contributed by atoms with Crippen LogP contribution in [0.5, 0.6) is 0 Å². The molecule has 1 aromatic rings. The van der Waals surface area contributed by atoms with Crippen LogP contribution >= 0.6 is 11.6 Å². The molecule has 1 heterocycles. The van der Waals surface area contributed by atoms with Crippen molar-refractivity contribution in [1.82, 2.24) is 5.32 Å². The normalized spacial score (nSPS) is 27.9. The summed E-state index contributed by atoms with van der Waals surface area (Å²) in [7, 11) is 0. The molecule has 2 atom stereocenters. The summed E-state index contributed by atoms with van der Waals surface area (Å²) in [6.07, 6.45) is 0. The molecule has 0 amide bonds. The number of halogens is 1. The van der Waals surface area contributed by atoms with Crippen molar-refractivity contribution >= 4 is 17.4 Å². The van der Waals surface area contributed by atoms with Gasteiger partial charge in [-0.3, -0.25) is 10.1 Å². The average Bonchev–Trinajstić information content (AvgIpc) is 2.49. The Labute approximate surface area is 81.9 Å². The topological polar surface area (TPSA) is 29.1 Å². The summed E-state index contributed by atoms with van der Waals surface area (Å²) in [6, 6.07) is 9.72. The van der Waals surface area contributed by atoms with Crippen LogP contribution in [0.15, 0.2) is 30.3 Å². The SMILES string of the molecule is O=C1C(Cl)NCC1c1ccccc1. The van der Waals surface area contributed by atoms with Gasteiger partial charge in [0.2, 0.25) is 0 Å². The van der Waals surface area contributed by atoms with Crippen LogP contribution < -0.4 is 5.32 Å². The van der Waals surface area contributed by atoms with E-state index < -0.39 is 5.50 Å². The van der Waals surface area contributed by atoms with Crippen LogP contribution in [0, 0.1) is 0 Å². The van der Waals surface area contributed by atoms with E-state index in [0.29, 0.717) is 6.54 Å². The maximum atomic E-state index is 11.5. The highest BCUT2D eigenvalue weighted by Gasteiger charge is 2.32. The van der Waals surface area contributed by atoms with Gasteiger partial charge in [0.1, 0.15) is 5.50 Å². The third kappa shape index (κ3) is 1.60. The maximum Gasteiger partial charge on any atom is 0.173 e.